The summed E-state index contributed by atoms with van der Waals surface area (Å²) in [5.41, 5.74) is 0.882. The minimum atomic E-state index is -0.250. The van der Waals surface area contributed by atoms with Crippen LogP contribution in [0.3, 0.4) is 0 Å². The lowest BCUT2D eigenvalue weighted by atomic mass is 10.2. The number of piperazine rings is 1. The van der Waals surface area contributed by atoms with Crippen molar-refractivity contribution >= 4 is 24.6 Å². The standard InChI is InChI=1S/C15H17FN4O.ClH/c1-20-9-8-17-10-13(20)15-18-14(21-19-15)7-4-11-2-5-12(16)6-3-11;/h2-7,13,17H,8-10H2,1H3;1H/b7-4+;. The highest BCUT2D eigenvalue weighted by atomic mass is 35.5. The molecule has 2 heterocycles. The van der Waals surface area contributed by atoms with Gasteiger partial charge in [0.1, 0.15) is 5.82 Å². The minimum absolute atomic E-state index is 0. The Morgan fingerprint density at radius 3 is 2.82 bits per heavy atom. The van der Waals surface area contributed by atoms with Gasteiger partial charge in [-0.15, -0.1) is 12.4 Å². The van der Waals surface area contributed by atoms with Crippen molar-refractivity contribution in [1.29, 1.82) is 0 Å². The van der Waals surface area contributed by atoms with E-state index in [-0.39, 0.29) is 24.3 Å². The second kappa shape index (κ2) is 7.49. The average molecular weight is 325 g/mol. The number of aromatic nitrogens is 2. The van der Waals surface area contributed by atoms with Gasteiger partial charge in [-0.1, -0.05) is 17.3 Å². The zero-order chi connectivity index (χ0) is 14.7. The van der Waals surface area contributed by atoms with E-state index in [4.69, 9.17) is 4.52 Å². The lowest BCUT2D eigenvalue weighted by Gasteiger charge is -2.30. The molecule has 2 aromatic rings. The van der Waals surface area contributed by atoms with Crippen LogP contribution in [0.15, 0.2) is 28.8 Å². The summed E-state index contributed by atoms with van der Waals surface area (Å²) in [5, 5.41) is 7.36. The summed E-state index contributed by atoms with van der Waals surface area (Å²) in [5.74, 6) is 0.886. The van der Waals surface area contributed by atoms with Crippen molar-refractivity contribution in [2.75, 3.05) is 26.7 Å². The number of likely N-dealkylation sites (N-methyl/N-ethyl adjacent to an activating group) is 1. The van der Waals surface area contributed by atoms with Gasteiger partial charge in [-0.3, -0.25) is 4.90 Å². The van der Waals surface area contributed by atoms with Gasteiger partial charge in [-0.05, 0) is 30.8 Å². The van der Waals surface area contributed by atoms with Crippen LogP contribution in [0.1, 0.15) is 23.3 Å². The summed E-state index contributed by atoms with van der Waals surface area (Å²) in [4.78, 5) is 6.60. The van der Waals surface area contributed by atoms with E-state index in [1.54, 1.807) is 18.2 Å². The molecule has 5 nitrogen and oxygen atoms in total. The maximum absolute atomic E-state index is 12.8. The third-order valence-corrected chi connectivity index (χ3v) is 3.55. The van der Waals surface area contributed by atoms with E-state index in [2.05, 4.69) is 27.4 Å². The number of hydrogen-bond acceptors (Lipinski definition) is 5. The highest BCUT2D eigenvalue weighted by Gasteiger charge is 2.24. The monoisotopic (exact) mass is 324 g/mol. The lowest BCUT2D eigenvalue weighted by Crippen LogP contribution is -2.44. The van der Waals surface area contributed by atoms with Crippen LogP contribution in [0.2, 0.25) is 0 Å². The Labute approximate surface area is 134 Å². The van der Waals surface area contributed by atoms with Crippen LogP contribution < -0.4 is 5.32 Å². The highest BCUT2D eigenvalue weighted by Crippen LogP contribution is 2.18. The second-order valence-electron chi connectivity index (χ2n) is 5.08. The van der Waals surface area contributed by atoms with Crippen molar-refractivity contribution in [2.24, 2.45) is 0 Å². The van der Waals surface area contributed by atoms with Gasteiger partial charge >= 0.3 is 0 Å². The van der Waals surface area contributed by atoms with Gasteiger partial charge in [0.2, 0.25) is 0 Å². The van der Waals surface area contributed by atoms with E-state index in [1.807, 2.05) is 6.08 Å². The van der Waals surface area contributed by atoms with Gasteiger partial charge in [0.15, 0.2) is 5.82 Å². The van der Waals surface area contributed by atoms with Crippen molar-refractivity contribution in [3.8, 4) is 0 Å². The predicted molar refractivity (Wildman–Crippen MR) is 85.1 cm³/mol. The highest BCUT2D eigenvalue weighted by molar-refractivity contribution is 5.85. The van der Waals surface area contributed by atoms with Crippen LogP contribution in [0.4, 0.5) is 4.39 Å². The molecule has 1 atom stereocenters. The van der Waals surface area contributed by atoms with E-state index in [9.17, 15) is 4.39 Å². The summed E-state index contributed by atoms with van der Waals surface area (Å²) in [6, 6.07) is 6.36. The number of hydrogen-bond donors (Lipinski definition) is 1. The van der Waals surface area contributed by atoms with Gasteiger partial charge in [0.05, 0.1) is 6.04 Å². The molecule has 1 aromatic carbocycles. The maximum Gasteiger partial charge on any atom is 0.250 e. The second-order valence-corrected chi connectivity index (χ2v) is 5.08. The smallest absolute Gasteiger partial charge is 0.250 e. The largest absolute Gasteiger partial charge is 0.335 e. The first kappa shape index (κ1) is 16.6. The third-order valence-electron chi connectivity index (χ3n) is 3.55. The van der Waals surface area contributed by atoms with E-state index in [1.165, 1.54) is 12.1 Å². The van der Waals surface area contributed by atoms with Crippen molar-refractivity contribution in [3.05, 3.63) is 47.4 Å². The molecule has 0 bridgehead atoms. The van der Waals surface area contributed by atoms with Crippen molar-refractivity contribution in [1.82, 2.24) is 20.4 Å². The topological polar surface area (TPSA) is 54.2 Å². The molecule has 3 rings (SSSR count). The number of benzene rings is 1. The SMILES string of the molecule is CN1CCNCC1c1noc(/C=C/c2ccc(F)cc2)n1.Cl. The molecule has 1 unspecified atom stereocenters. The Kier molecular flexibility index (Phi) is 5.65. The molecule has 0 radical (unpaired) electrons. The van der Waals surface area contributed by atoms with Gasteiger partial charge < -0.3 is 9.84 Å². The number of rotatable bonds is 3. The molecule has 1 aliphatic rings. The zero-order valence-corrected chi connectivity index (χ0v) is 13.0. The first-order chi connectivity index (χ1) is 10.2. The Morgan fingerprint density at radius 2 is 2.09 bits per heavy atom. The molecule has 118 valence electrons. The molecular formula is C15H18ClFN4O. The van der Waals surface area contributed by atoms with Gasteiger partial charge in [-0.25, -0.2) is 4.39 Å². The molecule has 1 saturated heterocycles. The van der Waals surface area contributed by atoms with Crippen LogP contribution in [0.5, 0.6) is 0 Å². The van der Waals surface area contributed by atoms with Gasteiger partial charge in [-0.2, -0.15) is 4.98 Å². The molecule has 0 amide bonds. The molecule has 0 saturated carbocycles. The zero-order valence-electron chi connectivity index (χ0n) is 12.2. The molecule has 0 spiro atoms. The normalized spacial score (nSPS) is 19.3. The molecule has 22 heavy (non-hydrogen) atoms. The summed E-state index contributed by atoms with van der Waals surface area (Å²) in [7, 11) is 2.05. The van der Waals surface area contributed by atoms with E-state index >= 15 is 0 Å². The van der Waals surface area contributed by atoms with Crippen molar-refractivity contribution < 1.29 is 8.91 Å². The summed E-state index contributed by atoms with van der Waals surface area (Å²) >= 11 is 0. The van der Waals surface area contributed by atoms with Gasteiger partial charge in [0.25, 0.3) is 5.89 Å². The van der Waals surface area contributed by atoms with Gasteiger partial charge in [0, 0.05) is 25.7 Å². The molecule has 1 aliphatic heterocycles. The molecule has 7 heteroatoms. The minimum Gasteiger partial charge on any atom is -0.335 e. The fourth-order valence-electron chi connectivity index (χ4n) is 2.29. The number of nitrogens with zero attached hydrogens (tertiary/aromatic N) is 3. The van der Waals surface area contributed by atoms with E-state index in [0.29, 0.717) is 11.7 Å². The third kappa shape index (κ3) is 3.91. The number of nitrogens with one attached hydrogen (secondary N) is 1. The molecule has 1 N–H and O–H groups in total. The van der Waals surface area contributed by atoms with Crippen LogP contribution in [0.25, 0.3) is 12.2 Å². The fourth-order valence-corrected chi connectivity index (χ4v) is 2.29. The Bertz CT molecular complexity index is 629. The first-order valence-electron chi connectivity index (χ1n) is 6.90. The molecule has 0 aliphatic carbocycles. The molecule has 1 fully saturated rings. The average Bonchev–Trinajstić information content (AvgIpc) is 2.96. The summed E-state index contributed by atoms with van der Waals surface area (Å²) in [6.07, 6.45) is 3.56. The Balaban J connectivity index is 0.00000176. The summed E-state index contributed by atoms with van der Waals surface area (Å²) in [6.45, 7) is 2.75. The van der Waals surface area contributed by atoms with Crippen molar-refractivity contribution in [3.63, 3.8) is 0 Å². The molecule has 1 aromatic heterocycles. The Morgan fingerprint density at radius 1 is 1.32 bits per heavy atom. The van der Waals surface area contributed by atoms with Crippen LogP contribution in [-0.2, 0) is 0 Å². The first-order valence-corrected chi connectivity index (χ1v) is 6.90. The Hall–Kier alpha value is -1.76. The quantitative estimate of drug-likeness (QED) is 0.939. The molecular weight excluding hydrogens is 307 g/mol. The van der Waals surface area contributed by atoms with Crippen LogP contribution in [-0.4, -0.2) is 41.7 Å². The van der Waals surface area contributed by atoms with Crippen LogP contribution in [0, 0.1) is 5.82 Å². The lowest BCUT2D eigenvalue weighted by molar-refractivity contribution is 0.190. The van der Waals surface area contributed by atoms with E-state index in [0.717, 1.165) is 25.2 Å². The predicted octanol–water partition coefficient (Wildman–Crippen LogP) is 2.38. The van der Waals surface area contributed by atoms with Crippen molar-refractivity contribution in [2.45, 2.75) is 6.04 Å². The fraction of sp³-hybridized carbons (Fsp3) is 0.333. The van der Waals surface area contributed by atoms with E-state index < -0.39 is 0 Å². The maximum atomic E-state index is 12.8. The number of halogens is 2. The van der Waals surface area contributed by atoms with Crippen LogP contribution >= 0.6 is 12.4 Å². The summed E-state index contributed by atoms with van der Waals surface area (Å²) < 4.78 is 18.1.